The van der Waals surface area contributed by atoms with Gasteiger partial charge in [0.15, 0.2) is 0 Å². The summed E-state index contributed by atoms with van der Waals surface area (Å²) in [6.45, 7) is 8.74. The van der Waals surface area contributed by atoms with Gasteiger partial charge in [0.1, 0.15) is 0 Å². The van der Waals surface area contributed by atoms with Crippen LogP contribution < -0.4 is 5.32 Å². The van der Waals surface area contributed by atoms with E-state index in [9.17, 15) is 13.2 Å². The van der Waals surface area contributed by atoms with Gasteiger partial charge in [-0.2, -0.15) is 13.2 Å². The molecule has 1 heterocycles. The van der Waals surface area contributed by atoms with Crippen LogP contribution in [0.15, 0.2) is 0 Å². The van der Waals surface area contributed by atoms with Gasteiger partial charge < -0.3 is 5.32 Å². The molecule has 0 aromatic heterocycles. The molecule has 0 bridgehead atoms. The molecular weight excluding hydrogens is 253 g/mol. The van der Waals surface area contributed by atoms with Gasteiger partial charge in [-0.05, 0) is 24.7 Å². The number of hydrogen-bond acceptors (Lipinski definition) is 2. The van der Waals surface area contributed by atoms with E-state index < -0.39 is 12.7 Å². The van der Waals surface area contributed by atoms with Crippen molar-refractivity contribution in [3.05, 3.63) is 0 Å². The Morgan fingerprint density at radius 2 is 1.68 bits per heavy atom. The van der Waals surface area contributed by atoms with Crippen LogP contribution in [0.4, 0.5) is 13.2 Å². The largest absolute Gasteiger partial charge is 0.401 e. The number of piperazine rings is 1. The second-order valence-corrected chi connectivity index (χ2v) is 6.56. The lowest BCUT2D eigenvalue weighted by Crippen LogP contribution is -2.58. The van der Waals surface area contributed by atoms with Crippen LogP contribution in [-0.4, -0.2) is 42.8 Å². The zero-order valence-electron chi connectivity index (χ0n) is 12.4. The van der Waals surface area contributed by atoms with E-state index in [2.05, 4.69) is 33.0 Å². The van der Waals surface area contributed by atoms with Crippen molar-refractivity contribution in [2.75, 3.05) is 19.6 Å². The van der Waals surface area contributed by atoms with Crippen molar-refractivity contribution < 1.29 is 13.2 Å². The van der Waals surface area contributed by atoms with Crippen LogP contribution in [0, 0.1) is 11.8 Å². The molecule has 0 saturated carbocycles. The Hall–Kier alpha value is -0.290. The van der Waals surface area contributed by atoms with E-state index in [4.69, 9.17) is 0 Å². The minimum Gasteiger partial charge on any atom is -0.311 e. The molecule has 1 aliphatic rings. The molecule has 1 rings (SSSR count). The van der Waals surface area contributed by atoms with Crippen LogP contribution in [0.2, 0.25) is 0 Å². The number of alkyl halides is 3. The predicted octanol–water partition coefficient (Wildman–Crippen LogP) is 3.28. The second-order valence-electron chi connectivity index (χ2n) is 6.56. The molecule has 0 spiro atoms. The Morgan fingerprint density at radius 1 is 1.11 bits per heavy atom. The molecule has 5 heteroatoms. The smallest absolute Gasteiger partial charge is 0.311 e. The fourth-order valence-corrected chi connectivity index (χ4v) is 2.86. The summed E-state index contributed by atoms with van der Waals surface area (Å²) < 4.78 is 38.0. The highest BCUT2D eigenvalue weighted by Crippen LogP contribution is 2.23. The summed E-state index contributed by atoms with van der Waals surface area (Å²) in [5.74, 6) is 0.927. The van der Waals surface area contributed by atoms with Gasteiger partial charge in [0.05, 0.1) is 6.54 Å². The summed E-state index contributed by atoms with van der Waals surface area (Å²) in [7, 11) is 0. The highest BCUT2D eigenvalue weighted by Gasteiger charge is 2.37. The van der Waals surface area contributed by atoms with Crippen molar-refractivity contribution in [3.8, 4) is 0 Å². The number of rotatable bonds is 5. The van der Waals surface area contributed by atoms with E-state index in [1.807, 2.05) is 0 Å². The van der Waals surface area contributed by atoms with E-state index in [0.29, 0.717) is 24.9 Å². The van der Waals surface area contributed by atoms with Crippen LogP contribution in [0.5, 0.6) is 0 Å². The van der Waals surface area contributed by atoms with Gasteiger partial charge in [-0.15, -0.1) is 0 Å². The van der Waals surface area contributed by atoms with Gasteiger partial charge >= 0.3 is 6.18 Å². The van der Waals surface area contributed by atoms with Crippen molar-refractivity contribution in [3.63, 3.8) is 0 Å². The van der Waals surface area contributed by atoms with Gasteiger partial charge in [0.2, 0.25) is 0 Å². The average Bonchev–Trinajstić information content (AvgIpc) is 2.18. The van der Waals surface area contributed by atoms with Crippen molar-refractivity contribution in [2.24, 2.45) is 11.8 Å². The van der Waals surface area contributed by atoms with Crippen molar-refractivity contribution in [1.29, 1.82) is 0 Å². The van der Waals surface area contributed by atoms with Gasteiger partial charge in [0.25, 0.3) is 0 Å². The standard InChI is InChI=1S/C14H27F3N2/c1-10(2)5-12-8-19(9-14(15,16)17)13(7-18-12)6-11(3)4/h10-13,18H,5-9H2,1-4H3. The Labute approximate surface area is 114 Å². The van der Waals surface area contributed by atoms with Crippen LogP contribution in [0.25, 0.3) is 0 Å². The quantitative estimate of drug-likeness (QED) is 0.831. The molecule has 2 atom stereocenters. The number of nitrogens with zero attached hydrogens (tertiary/aromatic N) is 1. The molecule has 114 valence electrons. The van der Waals surface area contributed by atoms with Crippen LogP contribution in [0.3, 0.4) is 0 Å². The zero-order chi connectivity index (χ0) is 14.6. The van der Waals surface area contributed by atoms with Gasteiger partial charge in [-0.25, -0.2) is 0 Å². The molecule has 1 saturated heterocycles. The third-order valence-electron chi connectivity index (χ3n) is 3.50. The fraction of sp³-hybridized carbons (Fsp3) is 1.00. The average molecular weight is 280 g/mol. The summed E-state index contributed by atoms with van der Waals surface area (Å²) in [4.78, 5) is 1.63. The SMILES string of the molecule is CC(C)CC1CN(CC(F)(F)F)C(CC(C)C)CN1. The monoisotopic (exact) mass is 280 g/mol. The maximum absolute atomic E-state index is 12.7. The lowest BCUT2D eigenvalue weighted by atomic mass is 9.95. The molecule has 1 N–H and O–H groups in total. The number of hydrogen-bond donors (Lipinski definition) is 1. The van der Waals surface area contributed by atoms with Gasteiger partial charge in [-0.1, -0.05) is 27.7 Å². The van der Waals surface area contributed by atoms with Crippen LogP contribution in [-0.2, 0) is 0 Å². The maximum atomic E-state index is 12.7. The topological polar surface area (TPSA) is 15.3 Å². The van der Waals surface area contributed by atoms with Gasteiger partial charge in [0, 0.05) is 25.2 Å². The molecule has 2 unspecified atom stereocenters. The van der Waals surface area contributed by atoms with Crippen molar-refractivity contribution in [2.45, 2.75) is 58.8 Å². The molecule has 0 radical (unpaired) electrons. The van der Waals surface area contributed by atoms with E-state index >= 15 is 0 Å². The maximum Gasteiger partial charge on any atom is 0.401 e. The first kappa shape index (κ1) is 16.8. The Bertz CT molecular complexity index is 264. The normalized spacial score (nSPS) is 26.4. The van der Waals surface area contributed by atoms with Crippen molar-refractivity contribution in [1.82, 2.24) is 10.2 Å². The van der Waals surface area contributed by atoms with Crippen LogP contribution in [0.1, 0.15) is 40.5 Å². The lowest BCUT2D eigenvalue weighted by molar-refractivity contribution is -0.155. The highest BCUT2D eigenvalue weighted by atomic mass is 19.4. The number of halogens is 3. The molecule has 0 aliphatic carbocycles. The minimum atomic E-state index is -4.10. The predicted molar refractivity (Wildman–Crippen MR) is 72.1 cm³/mol. The highest BCUT2D eigenvalue weighted by molar-refractivity contribution is 4.88. The molecule has 19 heavy (non-hydrogen) atoms. The Balaban J connectivity index is 2.63. The summed E-state index contributed by atoms with van der Waals surface area (Å²) in [6.07, 6.45) is -2.35. The summed E-state index contributed by atoms with van der Waals surface area (Å²) in [5.41, 5.74) is 0. The summed E-state index contributed by atoms with van der Waals surface area (Å²) in [6, 6.07) is 0.191. The van der Waals surface area contributed by atoms with E-state index in [-0.39, 0.29) is 12.1 Å². The molecule has 1 aliphatic heterocycles. The van der Waals surface area contributed by atoms with Gasteiger partial charge in [-0.3, -0.25) is 4.90 Å². The number of nitrogens with one attached hydrogen (secondary N) is 1. The zero-order valence-corrected chi connectivity index (χ0v) is 12.4. The minimum absolute atomic E-state index is 0.00466. The Kier molecular flexibility index (Phi) is 6.12. The molecule has 0 amide bonds. The second kappa shape index (κ2) is 6.93. The molecule has 0 aromatic carbocycles. The van der Waals surface area contributed by atoms with Crippen LogP contribution >= 0.6 is 0 Å². The third kappa shape index (κ3) is 6.61. The first-order valence-corrected chi connectivity index (χ1v) is 7.21. The lowest BCUT2D eigenvalue weighted by Gasteiger charge is -2.42. The summed E-state index contributed by atoms with van der Waals surface area (Å²) >= 11 is 0. The summed E-state index contributed by atoms with van der Waals surface area (Å²) in [5, 5.41) is 3.41. The van der Waals surface area contributed by atoms with E-state index in [0.717, 1.165) is 12.8 Å². The molecule has 0 aromatic rings. The molecular formula is C14H27F3N2. The van der Waals surface area contributed by atoms with Crippen molar-refractivity contribution >= 4 is 0 Å². The molecule has 1 fully saturated rings. The van der Waals surface area contributed by atoms with E-state index in [1.165, 1.54) is 0 Å². The fourth-order valence-electron chi connectivity index (χ4n) is 2.86. The van der Waals surface area contributed by atoms with E-state index in [1.54, 1.807) is 4.90 Å². The first-order chi connectivity index (χ1) is 8.67. The first-order valence-electron chi connectivity index (χ1n) is 7.21. The third-order valence-corrected chi connectivity index (χ3v) is 3.50. The molecule has 2 nitrogen and oxygen atoms in total. The Morgan fingerprint density at radius 3 is 2.16 bits per heavy atom.